The van der Waals surface area contributed by atoms with E-state index < -0.39 is 32.5 Å². The minimum Gasteiger partial charge on any atom is -0.462 e. The van der Waals surface area contributed by atoms with Crippen molar-refractivity contribution in [2.75, 3.05) is 47.5 Å². The Balaban J connectivity index is 4.40. The first-order chi connectivity index (χ1) is 34.0. The van der Waals surface area contributed by atoms with Gasteiger partial charge in [0.25, 0.3) is 0 Å². The molecule has 1 N–H and O–H groups in total. The van der Waals surface area contributed by atoms with Crippen LogP contribution in [0.2, 0.25) is 0 Å². The number of ether oxygens (including phenoxy) is 2. The Hall–Kier alpha value is -4.11. The van der Waals surface area contributed by atoms with Crippen LogP contribution in [-0.2, 0) is 32.7 Å². The standard InChI is InChI=1S/C60H96NO8P/c1-6-8-10-12-14-16-18-20-22-24-26-27-28-29-30-31-32-33-35-37-39-41-43-45-47-49-51-53-60(63)69-58(57-68-70(64,65)67-55-54-61(3,4)5)56-66-59(62)52-50-48-46-44-42-40-38-36-34-25-23-21-19-17-15-13-11-9-7-2/h8-11,14-17,20-23,26-27,29-30,32-34,36-37,39,43,45,58H,6-7,12-13,18-19,24-25,28,31,35,38,40-42,44,46-57H2,1-5H3/p+1/b10-8-,11-9-,16-14-,17-15-,22-20-,23-21-,27-26-,30-29-,33-32-,36-34-,39-37-,45-43-. The summed E-state index contributed by atoms with van der Waals surface area (Å²) >= 11 is 0. The average Bonchev–Trinajstić information content (AvgIpc) is 3.32. The molecule has 0 rings (SSSR count). The molecular formula is C60H97NO8P+. The number of unbranched alkanes of at least 4 members (excludes halogenated alkanes) is 8. The summed E-state index contributed by atoms with van der Waals surface area (Å²) in [5.74, 6) is -0.881. The van der Waals surface area contributed by atoms with Gasteiger partial charge < -0.3 is 18.9 Å². The number of allylic oxidation sites excluding steroid dienone is 24. The predicted molar refractivity (Wildman–Crippen MR) is 297 cm³/mol. The Morgan fingerprint density at radius 3 is 1.17 bits per heavy atom. The van der Waals surface area contributed by atoms with Crippen LogP contribution in [-0.4, -0.2) is 74.9 Å². The van der Waals surface area contributed by atoms with Gasteiger partial charge in [0.05, 0.1) is 27.7 Å². The molecule has 394 valence electrons. The van der Waals surface area contributed by atoms with Gasteiger partial charge in [-0.25, -0.2) is 4.57 Å². The van der Waals surface area contributed by atoms with E-state index in [9.17, 15) is 19.0 Å². The van der Waals surface area contributed by atoms with Crippen molar-refractivity contribution in [1.29, 1.82) is 0 Å². The van der Waals surface area contributed by atoms with Crippen molar-refractivity contribution in [3.63, 3.8) is 0 Å². The van der Waals surface area contributed by atoms with E-state index in [1.807, 2.05) is 21.1 Å². The smallest absolute Gasteiger partial charge is 0.462 e. The Labute approximate surface area is 427 Å². The molecule has 0 radical (unpaired) electrons. The minimum atomic E-state index is -4.41. The van der Waals surface area contributed by atoms with E-state index in [-0.39, 0.29) is 26.1 Å². The van der Waals surface area contributed by atoms with Gasteiger partial charge in [0.15, 0.2) is 6.10 Å². The molecule has 0 saturated carbocycles. The third-order valence-electron chi connectivity index (χ3n) is 10.4. The van der Waals surface area contributed by atoms with Crippen molar-refractivity contribution in [3.05, 3.63) is 146 Å². The molecule has 0 aromatic carbocycles. The maximum atomic E-state index is 12.8. The largest absolute Gasteiger partial charge is 0.472 e. The molecule has 0 heterocycles. The number of phosphoric ester groups is 1. The second kappa shape index (κ2) is 49.9. The molecule has 70 heavy (non-hydrogen) atoms. The zero-order valence-corrected chi connectivity index (χ0v) is 45.3. The summed E-state index contributed by atoms with van der Waals surface area (Å²) in [5.41, 5.74) is 0. The lowest BCUT2D eigenvalue weighted by atomic mass is 10.1. The lowest BCUT2D eigenvalue weighted by Gasteiger charge is -2.24. The first-order valence-corrected chi connectivity index (χ1v) is 28.1. The molecular weight excluding hydrogens is 894 g/mol. The third-order valence-corrected chi connectivity index (χ3v) is 11.3. The summed E-state index contributed by atoms with van der Waals surface area (Å²) in [7, 11) is 1.41. The first-order valence-electron chi connectivity index (χ1n) is 26.6. The second-order valence-corrected chi connectivity index (χ2v) is 19.6. The number of carbonyl (C=O) groups excluding carboxylic acids is 2. The number of nitrogens with zero attached hydrogens (tertiary/aromatic N) is 1. The van der Waals surface area contributed by atoms with Gasteiger partial charge in [0.1, 0.15) is 19.8 Å². The van der Waals surface area contributed by atoms with Crippen molar-refractivity contribution in [2.24, 2.45) is 0 Å². The maximum Gasteiger partial charge on any atom is 0.472 e. The quantitative estimate of drug-likeness (QED) is 0.0211. The van der Waals surface area contributed by atoms with Crippen LogP contribution in [0.3, 0.4) is 0 Å². The lowest BCUT2D eigenvalue weighted by Crippen LogP contribution is -2.37. The zero-order chi connectivity index (χ0) is 51.3. The number of phosphoric acid groups is 1. The highest BCUT2D eigenvalue weighted by atomic mass is 31.2. The van der Waals surface area contributed by atoms with Gasteiger partial charge in [0.2, 0.25) is 0 Å². The fourth-order valence-electron chi connectivity index (χ4n) is 6.31. The highest BCUT2D eigenvalue weighted by Gasteiger charge is 2.27. The molecule has 0 bridgehead atoms. The number of esters is 2. The fraction of sp³-hybridized carbons (Fsp3) is 0.567. The Morgan fingerprint density at radius 1 is 0.443 bits per heavy atom. The molecule has 0 amide bonds. The van der Waals surface area contributed by atoms with Gasteiger partial charge in [-0.2, -0.15) is 0 Å². The molecule has 0 aromatic heterocycles. The van der Waals surface area contributed by atoms with E-state index in [1.54, 1.807) is 0 Å². The fourth-order valence-corrected chi connectivity index (χ4v) is 7.05. The van der Waals surface area contributed by atoms with Crippen LogP contribution >= 0.6 is 7.82 Å². The summed E-state index contributed by atoms with van der Waals surface area (Å²) in [6.07, 6.45) is 73.3. The van der Waals surface area contributed by atoms with Gasteiger partial charge in [-0.1, -0.05) is 185 Å². The van der Waals surface area contributed by atoms with Crippen LogP contribution in [0, 0.1) is 0 Å². The van der Waals surface area contributed by atoms with Gasteiger partial charge in [0, 0.05) is 12.8 Å². The SMILES string of the molecule is CC/C=C\C/C=C\C/C=C\C/C=C\C/C=C\C/C=C\C/C=C\C/C=C\CCCCC(=O)OC(COC(=O)CCCCCCCC/C=C\C/C=C\C/C=C\C/C=C\CC)COP(=O)(O)OCC[N+](C)(C)C. The molecule has 0 spiro atoms. The predicted octanol–water partition coefficient (Wildman–Crippen LogP) is 16.4. The Kier molecular flexibility index (Phi) is 46.9. The van der Waals surface area contributed by atoms with Crippen LogP contribution < -0.4 is 0 Å². The molecule has 2 atom stereocenters. The van der Waals surface area contributed by atoms with E-state index in [2.05, 4.69) is 160 Å². The second-order valence-electron chi connectivity index (χ2n) is 18.1. The van der Waals surface area contributed by atoms with E-state index >= 15 is 0 Å². The van der Waals surface area contributed by atoms with Crippen molar-refractivity contribution in [1.82, 2.24) is 0 Å². The minimum absolute atomic E-state index is 0.0110. The molecule has 0 aromatic rings. The van der Waals surface area contributed by atoms with Crippen molar-refractivity contribution < 1.29 is 42.1 Å². The van der Waals surface area contributed by atoms with E-state index in [1.165, 1.54) is 0 Å². The van der Waals surface area contributed by atoms with Crippen molar-refractivity contribution in [3.8, 4) is 0 Å². The van der Waals surface area contributed by atoms with Crippen LogP contribution in [0.1, 0.15) is 168 Å². The Morgan fingerprint density at radius 2 is 0.771 bits per heavy atom. The van der Waals surface area contributed by atoms with Crippen LogP contribution in [0.5, 0.6) is 0 Å². The Bertz CT molecular complexity index is 1690. The summed E-state index contributed by atoms with van der Waals surface area (Å²) in [6, 6.07) is 0. The number of rotatable bonds is 46. The van der Waals surface area contributed by atoms with Crippen molar-refractivity contribution in [2.45, 2.75) is 174 Å². The molecule has 9 nitrogen and oxygen atoms in total. The van der Waals surface area contributed by atoms with Crippen LogP contribution in [0.4, 0.5) is 0 Å². The highest BCUT2D eigenvalue weighted by Crippen LogP contribution is 2.43. The summed E-state index contributed by atoms with van der Waals surface area (Å²) in [6.45, 7) is 4.10. The van der Waals surface area contributed by atoms with Gasteiger partial charge in [-0.3, -0.25) is 18.6 Å². The maximum absolute atomic E-state index is 12.8. The summed E-state index contributed by atoms with van der Waals surface area (Å²) in [5, 5.41) is 0. The monoisotopic (exact) mass is 991 g/mol. The molecule has 0 aliphatic carbocycles. The van der Waals surface area contributed by atoms with Crippen LogP contribution in [0.25, 0.3) is 0 Å². The topological polar surface area (TPSA) is 108 Å². The summed E-state index contributed by atoms with van der Waals surface area (Å²) < 4.78 is 34.4. The molecule has 10 heteroatoms. The number of hydrogen-bond donors (Lipinski definition) is 1. The highest BCUT2D eigenvalue weighted by molar-refractivity contribution is 7.47. The van der Waals surface area contributed by atoms with E-state index in [4.69, 9.17) is 18.5 Å². The van der Waals surface area contributed by atoms with Gasteiger partial charge >= 0.3 is 19.8 Å². The summed E-state index contributed by atoms with van der Waals surface area (Å²) in [4.78, 5) is 35.6. The van der Waals surface area contributed by atoms with Crippen LogP contribution in [0.15, 0.2) is 146 Å². The third kappa shape index (κ3) is 53.2. The van der Waals surface area contributed by atoms with Gasteiger partial charge in [-0.15, -0.1) is 0 Å². The molecule has 0 aliphatic rings. The van der Waals surface area contributed by atoms with Gasteiger partial charge in [-0.05, 0) is 116 Å². The van der Waals surface area contributed by atoms with E-state index in [0.29, 0.717) is 23.9 Å². The molecule has 0 fully saturated rings. The normalized spacial score (nSPS) is 14.5. The van der Waals surface area contributed by atoms with E-state index in [0.717, 1.165) is 128 Å². The lowest BCUT2D eigenvalue weighted by molar-refractivity contribution is -0.870. The molecule has 2 unspecified atom stereocenters. The molecule has 0 aliphatic heterocycles. The number of carbonyl (C=O) groups is 2. The number of quaternary nitrogens is 1. The average molecular weight is 991 g/mol. The molecule has 0 saturated heterocycles. The van der Waals surface area contributed by atoms with Crippen molar-refractivity contribution >= 4 is 19.8 Å². The first kappa shape index (κ1) is 65.9. The zero-order valence-electron chi connectivity index (χ0n) is 44.4. The number of likely N-dealkylation sites (N-methyl/N-ethyl adjacent to an activating group) is 1. The number of hydrogen-bond acceptors (Lipinski definition) is 7.